The second-order valence-corrected chi connectivity index (χ2v) is 5.28. The molecule has 19 heavy (non-hydrogen) atoms. The highest BCUT2D eigenvalue weighted by atomic mass is 16.1. The number of benzene rings is 1. The first kappa shape index (κ1) is 12.2. The molecule has 0 saturated carbocycles. The highest BCUT2D eigenvalue weighted by Gasteiger charge is 2.28. The number of H-pyrrole nitrogens is 1. The van der Waals surface area contributed by atoms with E-state index in [-0.39, 0.29) is 11.8 Å². The maximum atomic E-state index is 12.2. The molecule has 0 spiro atoms. The SMILES string of the molecule is Cc1ccc(NC(=O)C(C)C2CNC2)c2[nH]ncc12. The Labute approximate surface area is 111 Å². The third kappa shape index (κ3) is 2.10. The number of rotatable bonds is 3. The van der Waals surface area contributed by atoms with Crippen molar-refractivity contribution in [3.8, 4) is 0 Å². The van der Waals surface area contributed by atoms with Gasteiger partial charge in [-0.15, -0.1) is 0 Å². The minimum Gasteiger partial charge on any atom is -0.324 e. The van der Waals surface area contributed by atoms with Crippen LogP contribution in [0, 0.1) is 18.8 Å². The molecule has 1 amide bonds. The van der Waals surface area contributed by atoms with Gasteiger partial charge in [-0.05, 0) is 37.6 Å². The molecule has 100 valence electrons. The van der Waals surface area contributed by atoms with Crippen LogP contribution in [0.2, 0.25) is 0 Å². The Bertz CT molecular complexity index is 615. The molecule has 0 bridgehead atoms. The summed E-state index contributed by atoms with van der Waals surface area (Å²) in [6.45, 7) is 5.88. The largest absolute Gasteiger partial charge is 0.324 e. The van der Waals surface area contributed by atoms with Crippen molar-refractivity contribution in [1.82, 2.24) is 15.5 Å². The Morgan fingerprint density at radius 2 is 2.26 bits per heavy atom. The van der Waals surface area contributed by atoms with E-state index in [0.29, 0.717) is 5.92 Å². The molecule has 1 saturated heterocycles. The van der Waals surface area contributed by atoms with E-state index < -0.39 is 0 Å². The van der Waals surface area contributed by atoms with E-state index in [0.717, 1.165) is 35.2 Å². The van der Waals surface area contributed by atoms with Crippen LogP contribution in [-0.2, 0) is 4.79 Å². The number of nitrogens with zero attached hydrogens (tertiary/aromatic N) is 1. The first-order valence-corrected chi connectivity index (χ1v) is 6.61. The van der Waals surface area contributed by atoms with Gasteiger partial charge in [0.25, 0.3) is 0 Å². The smallest absolute Gasteiger partial charge is 0.227 e. The lowest BCUT2D eigenvalue weighted by Gasteiger charge is -2.31. The van der Waals surface area contributed by atoms with E-state index in [1.54, 1.807) is 6.20 Å². The molecule has 0 radical (unpaired) electrons. The third-order valence-corrected chi connectivity index (χ3v) is 4.03. The summed E-state index contributed by atoms with van der Waals surface area (Å²) in [5.74, 6) is 0.550. The molecule has 5 nitrogen and oxygen atoms in total. The fourth-order valence-electron chi connectivity index (χ4n) is 2.40. The summed E-state index contributed by atoms with van der Waals surface area (Å²) in [6, 6.07) is 3.93. The monoisotopic (exact) mass is 258 g/mol. The van der Waals surface area contributed by atoms with Crippen LogP contribution in [0.15, 0.2) is 18.3 Å². The molecule has 1 aromatic heterocycles. The van der Waals surface area contributed by atoms with Crippen molar-refractivity contribution in [3.63, 3.8) is 0 Å². The summed E-state index contributed by atoms with van der Waals surface area (Å²) in [5, 5.41) is 14.3. The van der Waals surface area contributed by atoms with E-state index in [2.05, 4.69) is 20.8 Å². The highest BCUT2D eigenvalue weighted by Crippen LogP contribution is 2.25. The van der Waals surface area contributed by atoms with Crippen molar-refractivity contribution in [3.05, 3.63) is 23.9 Å². The Morgan fingerprint density at radius 3 is 2.95 bits per heavy atom. The second-order valence-electron chi connectivity index (χ2n) is 5.28. The molecule has 5 heteroatoms. The molecule has 0 aliphatic carbocycles. The molecule has 3 rings (SSSR count). The van der Waals surface area contributed by atoms with Crippen molar-refractivity contribution in [2.45, 2.75) is 13.8 Å². The molecule has 2 heterocycles. The number of fused-ring (bicyclic) bond motifs is 1. The number of carbonyl (C=O) groups is 1. The van der Waals surface area contributed by atoms with Gasteiger partial charge < -0.3 is 10.6 Å². The van der Waals surface area contributed by atoms with E-state index >= 15 is 0 Å². The van der Waals surface area contributed by atoms with Crippen molar-refractivity contribution in [2.24, 2.45) is 11.8 Å². The first-order valence-electron chi connectivity index (χ1n) is 6.61. The van der Waals surface area contributed by atoms with Gasteiger partial charge >= 0.3 is 0 Å². The van der Waals surface area contributed by atoms with Gasteiger partial charge in [0, 0.05) is 11.3 Å². The molecule has 1 aliphatic heterocycles. The lowest BCUT2D eigenvalue weighted by atomic mass is 9.88. The number of aromatic nitrogens is 2. The molecule has 3 N–H and O–H groups in total. The zero-order valence-electron chi connectivity index (χ0n) is 11.2. The zero-order valence-corrected chi connectivity index (χ0v) is 11.2. The predicted octanol–water partition coefficient (Wildman–Crippen LogP) is 1.67. The Kier molecular flexibility index (Phi) is 2.98. The molecule has 2 aromatic rings. The summed E-state index contributed by atoms with van der Waals surface area (Å²) < 4.78 is 0. The summed E-state index contributed by atoms with van der Waals surface area (Å²) >= 11 is 0. The Hall–Kier alpha value is -1.88. The minimum atomic E-state index is 0.0283. The van der Waals surface area contributed by atoms with Crippen LogP contribution < -0.4 is 10.6 Å². The van der Waals surface area contributed by atoms with Gasteiger partial charge in [0.15, 0.2) is 0 Å². The van der Waals surface area contributed by atoms with Crippen molar-refractivity contribution in [2.75, 3.05) is 18.4 Å². The molecule has 1 aliphatic rings. The van der Waals surface area contributed by atoms with Crippen molar-refractivity contribution >= 4 is 22.5 Å². The average Bonchev–Trinajstić information content (AvgIpc) is 2.80. The predicted molar refractivity (Wildman–Crippen MR) is 75.0 cm³/mol. The van der Waals surface area contributed by atoms with Crippen LogP contribution >= 0.6 is 0 Å². The van der Waals surface area contributed by atoms with Gasteiger partial charge in [-0.3, -0.25) is 9.89 Å². The van der Waals surface area contributed by atoms with Crippen molar-refractivity contribution < 1.29 is 4.79 Å². The number of hydrogen-bond donors (Lipinski definition) is 3. The lowest BCUT2D eigenvalue weighted by molar-refractivity contribution is -0.121. The molecular formula is C14H18N4O. The summed E-state index contributed by atoms with van der Waals surface area (Å²) in [7, 11) is 0. The number of aryl methyl sites for hydroxylation is 1. The quantitative estimate of drug-likeness (QED) is 0.784. The summed E-state index contributed by atoms with van der Waals surface area (Å²) in [4.78, 5) is 12.2. The molecular weight excluding hydrogens is 240 g/mol. The Balaban J connectivity index is 1.83. The molecule has 1 atom stereocenters. The normalized spacial score (nSPS) is 17.2. The standard InChI is InChI=1S/C14H18N4O/c1-8-3-4-12(13-11(8)7-16-18-13)17-14(19)9(2)10-5-15-6-10/h3-4,7,9-10,15H,5-6H2,1-2H3,(H,16,18)(H,17,19). The van der Waals surface area contributed by atoms with Gasteiger partial charge in [-0.1, -0.05) is 13.0 Å². The maximum absolute atomic E-state index is 12.2. The number of amides is 1. The number of hydrogen-bond acceptors (Lipinski definition) is 3. The highest BCUT2D eigenvalue weighted by molar-refractivity contribution is 6.01. The van der Waals surface area contributed by atoms with Gasteiger partial charge in [0.05, 0.1) is 17.4 Å². The Morgan fingerprint density at radius 1 is 1.47 bits per heavy atom. The fraction of sp³-hybridized carbons (Fsp3) is 0.429. The van der Waals surface area contributed by atoms with Crippen molar-refractivity contribution in [1.29, 1.82) is 0 Å². The van der Waals surface area contributed by atoms with E-state index in [1.165, 1.54) is 0 Å². The minimum absolute atomic E-state index is 0.0283. The van der Waals surface area contributed by atoms with E-state index in [4.69, 9.17) is 0 Å². The lowest BCUT2D eigenvalue weighted by Crippen LogP contribution is -2.48. The summed E-state index contributed by atoms with van der Waals surface area (Å²) in [5.41, 5.74) is 2.85. The van der Waals surface area contributed by atoms with Crippen LogP contribution in [0.5, 0.6) is 0 Å². The van der Waals surface area contributed by atoms with Gasteiger partial charge in [0.2, 0.25) is 5.91 Å². The maximum Gasteiger partial charge on any atom is 0.227 e. The average molecular weight is 258 g/mol. The van der Waals surface area contributed by atoms with Crippen LogP contribution in [0.1, 0.15) is 12.5 Å². The van der Waals surface area contributed by atoms with Crippen LogP contribution in [-0.4, -0.2) is 29.2 Å². The second kappa shape index (κ2) is 4.66. The number of carbonyl (C=O) groups excluding carboxylic acids is 1. The number of aromatic amines is 1. The topological polar surface area (TPSA) is 69.8 Å². The molecule has 1 aromatic carbocycles. The summed E-state index contributed by atoms with van der Waals surface area (Å²) in [6.07, 6.45) is 1.79. The van der Waals surface area contributed by atoms with E-state index in [9.17, 15) is 4.79 Å². The van der Waals surface area contributed by atoms with Crippen LogP contribution in [0.25, 0.3) is 10.9 Å². The van der Waals surface area contributed by atoms with Gasteiger partial charge in [-0.25, -0.2) is 0 Å². The van der Waals surface area contributed by atoms with E-state index in [1.807, 2.05) is 26.0 Å². The third-order valence-electron chi connectivity index (χ3n) is 4.03. The first-order chi connectivity index (χ1) is 9.16. The molecule has 1 fully saturated rings. The fourth-order valence-corrected chi connectivity index (χ4v) is 2.40. The zero-order chi connectivity index (χ0) is 13.4. The van der Waals surface area contributed by atoms with Gasteiger partial charge in [-0.2, -0.15) is 5.10 Å². The number of nitrogens with one attached hydrogen (secondary N) is 3. The van der Waals surface area contributed by atoms with Crippen LogP contribution in [0.3, 0.4) is 0 Å². The van der Waals surface area contributed by atoms with Crippen LogP contribution in [0.4, 0.5) is 5.69 Å². The number of anilines is 1. The van der Waals surface area contributed by atoms with Gasteiger partial charge in [0.1, 0.15) is 0 Å². The molecule has 1 unspecified atom stereocenters.